The van der Waals surface area contributed by atoms with E-state index in [0.29, 0.717) is 30.0 Å². The van der Waals surface area contributed by atoms with Gasteiger partial charge in [-0.2, -0.15) is 0 Å². The van der Waals surface area contributed by atoms with Gasteiger partial charge in [0, 0.05) is 31.8 Å². The number of hydrogen-bond acceptors (Lipinski definition) is 4. The average Bonchev–Trinajstić information content (AvgIpc) is 3.35. The van der Waals surface area contributed by atoms with Crippen molar-refractivity contribution in [1.29, 1.82) is 0 Å². The topological polar surface area (TPSA) is 22.1 Å². The maximum Gasteiger partial charge on any atom is 0.127 e. The molecular formula is C31H42N4. The summed E-state index contributed by atoms with van der Waals surface area (Å²) < 4.78 is 0. The first kappa shape index (κ1) is 24.0. The number of nitrogens with zero attached hydrogens (tertiary/aromatic N) is 4. The van der Waals surface area contributed by atoms with Gasteiger partial charge in [-0.15, -0.1) is 0 Å². The zero-order valence-corrected chi connectivity index (χ0v) is 22.0. The molecule has 0 saturated carbocycles. The molecule has 0 bridgehead atoms. The van der Waals surface area contributed by atoms with Crippen LogP contribution in [0.3, 0.4) is 0 Å². The molecule has 0 aromatic heterocycles. The lowest BCUT2D eigenvalue weighted by Crippen LogP contribution is -2.47. The summed E-state index contributed by atoms with van der Waals surface area (Å²) in [5.74, 6) is 3.89. The van der Waals surface area contributed by atoms with Gasteiger partial charge in [-0.25, -0.2) is 0 Å². The van der Waals surface area contributed by atoms with Crippen LogP contribution in [0.4, 0.5) is 0 Å². The summed E-state index contributed by atoms with van der Waals surface area (Å²) in [5, 5.41) is 0. The van der Waals surface area contributed by atoms with E-state index >= 15 is 0 Å². The van der Waals surface area contributed by atoms with Crippen LogP contribution >= 0.6 is 0 Å². The molecule has 35 heavy (non-hydrogen) atoms. The maximum absolute atomic E-state index is 5.07. The van der Waals surface area contributed by atoms with E-state index in [9.17, 15) is 0 Å². The molecule has 1 saturated heterocycles. The Morgan fingerprint density at radius 1 is 0.829 bits per heavy atom. The fourth-order valence-corrected chi connectivity index (χ4v) is 6.19. The Labute approximate surface area is 212 Å². The zero-order valence-electron chi connectivity index (χ0n) is 22.0. The van der Waals surface area contributed by atoms with Crippen molar-refractivity contribution in [3.8, 4) is 0 Å². The number of benzene rings is 2. The molecule has 186 valence electrons. The minimum atomic E-state index is 0.451. The van der Waals surface area contributed by atoms with Crippen LogP contribution < -0.4 is 0 Å². The predicted octanol–water partition coefficient (Wildman–Crippen LogP) is 5.47. The number of fused-ring (bicyclic) bond motifs is 2. The minimum absolute atomic E-state index is 0.451. The number of aliphatic imine (C=N–C) groups is 1. The third kappa shape index (κ3) is 5.27. The van der Waals surface area contributed by atoms with E-state index in [4.69, 9.17) is 4.99 Å². The Hall–Kier alpha value is -2.75. The van der Waals surface area contributed by atoms with E-state index in [0.717, 1.165) is 39.0 Å². The van der Waals surface area contributed by atoms with Gasteiger partial charge in [0.2, 0.25) is 0 Å². The molecule has 5 rings (SSSR count). The van der Waals surface area contributed by atoms with Crippen LogP contribution in [0.1, 0.15) is 45.2 Å². The van der Waals surface area contributed by atoms with Crippen molar-refractivity contribution in [2.75, 3.05) is 26.2 Å². The SMILES string of the molecule is CC(C)CC1CN2C(=CC3=NCC(C(C)C)N3CC2Cc2ccccc2)N1CCc1ccccc1. The standard InChI is InChI=1S/C31H42N4/c1-23(2)17-27-21-34-28(18-26-13-9-6-10-14-26)22-35-29(24(3)4)20-32-30(35)19-31(34)33(27)16-15-25-11-7-5-8-12-25/h5-14,19,23-24,27-29H,15-18,20-22H2,1-4H3. The zero-order chi connectivity index (χ0) is 24.4. The molecule has 3 aliphatic heterocycles. The molecule has 4 heteroatoms. The van der Waals surface area contributed by atoms with Gasteiger partial charge in [-0.05, 0) is 42.2 Å². The molecule has 0 amide bonds. The number of amidine groups is 1. The van der Waals surface area contributed by atoms with Crippen LogP contribution in [0.2, 0.25) is 0 Å². The monoisotopic (exact) mass is 470 g/mol. The highest BCUT2D eigenvalue weighted by molar-refractivity contribution is 5.95. The van der Waals surface area contributed by atoms with Crippen LogP contribution in [-0.2, 0) is 12.8 Å². The van der Waals surface area contributed by atoms with Crippen molar-refractivity contribution < 1.29 is 0 Å². The van der Waals surface area contributed by atoms with Crippen LogP contribution in [-0.4, -0.2) is 64.8 Å². The van der Waals surface area contributed by atoms with Gasteiger partial charge in [0.1, 0.15) is 11.7 Å². The van der Waals surface area contributed by atoms with Crippen molar-refractivity contribution in [3.05, 3.63) is 83.7 Å². The van der Waals surface area contributed by atoms with Gasteiger partial charge < -0.3 is 14.7 Å². The molecule has 0 aliphatic carbocycles. The van der Waals surface area contributed by atoms with Gasteiger partial charge >= 0.3 is 0 Å². The second-order valence-electron chi connectivity index (χ2n) is 11.4. The second kappa shape index (κ2) is 10.5. The van der Waals surface area contributed by atoms with Gasteiger partial charge in [-0.1, -0.05) is 88.4 Å². The predicted molar refractivity (Wildman–Crippen MR) is 146 cm³/mol. The summed E-state index contributed by atoms with van der Waals surface area (Å²) in [5.41, 5.74) is 2.85. The molecule has 3 unspecified atom stereocenters. The normalized spacial score (nSPS) is 23.9. The van der Waals surface area contributed by atoms with Crippen LogP contribution in [0.5, 0.6) is 0 Å². The minimum Gasteiger partial charge on any atom is -0.353 e. The largest absolute Gasteiger partial charge is 0.353 e. The van der Waals surface area contributed by atoms with Gasteiger partial charge in [0.05, 0.1) is 18.6 Å². The molecule has 2 aromatic rings. The maximum atomic E-state index is 5.07. The van der Waals surface area contributed by atoms with Gasteiger partial charge in [0.25, 0.3) is 0 Å². The second-order valence-corrected chi connectivity index (χ2v) is 11.4. The highest BCUT2D eigenvalue weighted by atomic mass is 15.4. The van der Waals surface area contributed by atoms with E-state index in [1.807, 2.05) is 0 Å². The third-order valence-corrected chi connectivity index (χ3v) is 7.99. The molecule has 3 heterocycles. The van der Waals surface area contributed by atoms with Crippen LogP contribution in [0, 0.1) is 11.8 Å². The summed E-state index contributed by atoms with van der Waals surface area (Å²) in [4.78, 5) is 13.2. The lowest BCUT2D eigenvalue weighted by molar-refractivity contribution is 0.192. The summed E-state index contributed by atoms with van der Waals surface area (Å²) >= 11 is 0. The van der Waals surface area contributed by atoms with Crippen LogP contribution in [0.25, 0.3) is 0 Å². The van der Waals surface area contributed by atoms with Gasteiger partial charge in [-0.3, -0.25) is 4.99 Å². The molecule has 0 radical (unpaired) electrons. The molecular weight excluding hydrogens is 428 g/mol. The molecule has 3 atom stereocenters. The van der Waals surface area contributed by atoms with E-state index in [-0.39, 0.29) is 0 Å². The van der Waals surface area contributed by atoms with Crippen LogP contribution in [0.15, 0.2) is 77.6 Å². The van der Waals surface area contributed by atoms with Crippen molar-refractivity contribution in [3.63, 3.8) is 0 Å². The highest BCUT2D eigenvalue weighted by Gasteiger charge is 2.43. The molecule has 0 spiro atoms. The fraction of sp³-hybridized carbons (Fsp3) is 0.516. The average molecular weight is 471 g/mol. The molecule has 2 aromatic carbocycles. The van der Waals surface area contributed by atoms with Crippen molar-refractivity contribution in [2.24, 2.45) is 16.8 Å². The Morgan fingerprint density at radius 3 is 2.14 bits per heavy atom. The first-order valence-electron chi connectivity index (χ1n) is 13.6. The molecule has 1 fully saturated rings. The first-order valence-corrected chi connectivity index (χ1v) is 13.6. The highest BCUT2D eigenvalue weighted by Crippen LogP contribution is 2.35. The smallest absolute Gasteiger partial charge is 0.127 e. The number of hydrogen-bond donors (Lipinski definition) is 0. The Balaban J connectivity index is 1.48. The summed E-state index contributed by atoms with van der Waals surface area (Å²) in [6, 6.07) is 23.6. The molecule has 0 N–H and O–H groups in total. The van der Waals surface area contributed by atoms with E-state index in [1.165, 1.54) is 29.2 Å². The lowest BCUT2D eigenvalue weighted by atomic mass is 9.99. The van der Waals surface area contributed by atoms with Crippen molar-refractivity contribution in [2.45, 2.75) is 65.1 Å². The Kier molecular flexibility index (Phi) is 7.17. The van der Waals surface area contributed by atoms with Crippen molar-refractivity contribution in [1.82, 2.24) is 14.7 Å². The Bertz CT molecular complexity index is 1030. The molecule has 4 nitrogen and oxygen atoms in total. The summed E-state index contributed by atoms with van der Waals surface area (Å²) in [6.45, 7) is 13.6. The van der Waals surface area contributed by atoms with E-state index in [1.54, 1.807) is 0 Å². The van der Waals surface area contributed by atoms with E-state index < -0.39 is 0 Å². The third-order valence-electron chi connectivity index (χ3n) is 7.99. The molecule has 3 aliphatic rings. The summed E-state index contributed by atoms with van der Waals surface area (Å²) in [6.07, 6.45) is 5.81. The van der Waals surface area contributed by atoms with E-state index in [2.05, 4.69) is 109 Å². The fourth-order valence-electron chi connectivity index (χ4n) is 6.19. The Morgan fingerprint density at radius 2 is 1.49 bits per heavy atom. The van der Waals surface area contributed by atoms with Crippen molar-refractivity contribution >= 4 is 5.84 Å². The van der Waals surface area contributed by atoms with Gasteiger partial charge in [0.15, 0.2) is 0 Å². The quantitative estimate of drug-likeness (QED) is 0.511. The number of rotatable bonds is 8. The first-order chi connectivity index (χ1) is 17.0. The lowest BCUT2D eigenvalue weighted by Gasteiger charge is -2.35. The summed E-state index contributed by atoms with van der Waals surface area (Å²) in [7, 11) is 0.